The van der Waals surface area contributed by atoms with Crippen molar-refractivity contribution in [2.45, 2.75) is 12.5 Å². The van der Waals surface area contributed by atoms with Crippen LogP contribution in [0.2, 0.25) is 5.02 Å². The van der Waals surface area contributed by atoms with E-state index >= 15 is 0 Å². The number of nitrogens with zero attached hydrogens (tertiary/aromatic N) is 3. The third-order valence-corrected chi connectivity index (χ3v) is 2.98. The molecule has 0 bridgehead atoms. The molecule has 0 spiro atoms. The summed E-state index contributed by atoms with van der Waals surface area (Å²) >= 11 is 5.68. The Labute approximate surface area is 103 Å². The normalized spacial score (nSPS) is 24.7. The highest BCUT2D eigenvalue weighted by molar-refractivity contribution is 6.30. The van der Waals surface area contributed by atoms with Gasteiger partial charge in [0.05, 0.1) is 23.5 Å². The molecular formula is C10H12ClN3O3. The Morgan fingerprint density at radius 3 is 2.71 bits per heavy atom. The molecule has 2 heterocycles. The SMILES string of the molecule is O=C(O)[C@H]1CN(c2ncc(Cl)cn2)CC[C@H]1O. The van der Waals surface area contributed by atoms with Gasteiger partial charge in [-0.2, -0.15) is 0 Å². The monoisotopic (exact) mass is 257 g/mol. The summed E-state index contributed by atoms with van der Waals surface area (Å²) in [6.07, 6.45) is 2.51. The van der Waals surface area contributed by atoms with Crippen molar-refractivity contribution in [2.24, 2.45) is 5.92 Å². The topological polar surface area (TPSA) is 86.5 Å². The molecule has 2 rings (SSSR count). The Bertz CT molecular complexity index is 412. The number of carboxylic acids is 1. The Balaban J connectivity index is 2.13. The van der Waals surface area contributed by atoms with Gasteiger partial charge in [0.25, 0.3) is 0 Å². The third kappa shape index (κ3) is 2.65. The highest BCUT2D eigenvalue weighted by Crippen LogP contribution is 2.21. The number of hydrogen-bond acceptors (Lipinski definition) is 5. The molecule has 1 aromatic heterocycles. The number of aliphatic hydroxyl groups is 1. The van der Waals surface area contributed by atoms with Crippen molar-refractivity contribution in [3.63, 3.8) is 0 Å². The van der Waals surface area contributed by atoms with Crippen molar-refractivity contribution >= 4 is 23.5 Å². The van der Waals surface area contributed by atoms with Crippen LogP contribution in [-0.2, 0) is 4.79 Å². The molecule has 0 aromatic carbocycles. The van der Waals surface area contributed by atoms with Crippen LogP contribution in [0.5, 0.6) is 0 Å². The predicted molar refractivity (Wildman–Crippen MR) is 61.0 cm³/mol. The molecule has 1 aromatic rings. The van der Waals surface area contributed by atoms with Crippen LogP contribution in [0.4, 0.5) is 5.95 Å². The van der Waals surface area contributed by atoms with Crippen molar-refractivity contribution in [1.82, 2.24) is 9.97 Å². The summed E-state index contributed by atoms with van der Waals surface area (Å²) in [5.74, 6) is -1.37. The zero-order valence-electron chi connectivity index (χ0n) is 8.95. The summed E-state index contributed by atoms with van der Waals surface area (Å²) in [6.45, 7) is 0.741. The Morgan fingerprint density at radius 2 is 2.12 bits per heavy atom. The maximum Gasteiger partial charge on any atom is 0.310 e. The number of aliphatic hydroxyl groups excluding tert-OH is 1. The first kappa shape index (κ1) is 12.1. The van der Waals surface area contributed by atoms with Crippen LogP contribution < -0.4 is 4.90 Å². The van der Waals surface area contributed by atoms with Crippen LogP contribution in [0.1, 0.15) is 6.42 Å². The number of carbonyl (C=O) groups is 1. The number of rotatable bonds is 2. The molecule has 7 heteroatoms. The Hall–Kier alpha value is -1.40. The molecule has 6 nitrogen and oxygen atoms in total. The second kappa shape index (κ2) is 4.85. The van der Waals surface area contributed by atoms with Crippen molar-refractivity contribution in [3.8, 4) is 0 Å². The molecule has 1 saturated heterocycles. The van der Waals surface area contributed by atoms with Gasteiger partial charge in [-0.1, -0.05) is 11.6 Å². The quantitative estimate of drug-likeness (QED) is 0.798. The van der Waals surface area contributed by atoms with E-state index in [2.05, 4.69) is 9.97 Å². The molecule has 1 aliphatic rings. The fourth-order valence-corrected chi connectivity index (χ4v) is 1.93. The third-order valence-electron chi connectivity index (χ3n) is 2.78. The number of anilines is 1. The zero-order valence-corrected chi connectivity index (χ0v) is 9.71. The summed E-state index contributed by atoms with van der Waals surface area (Å²) in [4.78, 5) is 20.7. The van der Waals surface area contributed by atoms with Crippen molar-refractivity contribution in [3.05, 3.63) is 17.4 Å². The summed E-state index contributed by atoms with van der Waals surface area (Å²) in [5, 5.41) is 19.0. The minimum Gasteiger partial charge on any atom is -0.481 e. The van der Waals surface area contributed by atoms with Gasteiger partial charge in [0.2, 0.25) is 5.95 Å². The summed E-state index contributed by atoms with van der Waals surface area (Å²) < 4.78 is 0. The molecule has 92 valence electrons. The molecule has 0 unspecified atom stereocenters. The average Bonchev–Trinajstić information content (AvgIpc) is 2.30. The average molecular weight is 258 g/mol. The van der Waals surface area contributed by atoms with Crippen molar-refractivity contribution < 1.29 is 15.0 Å². The lowest BCUT2D eigenvalue weighted by Gasteiger charge is -2.33. The fraction of sp³-hybridized carbons (Fsp3) is 0.500. The molecule has 1 aliphatic heterocycles. The van der Waals surface area contributed by atoms with Gasteiger partial charge in [-0.25, -0.2) is 9.97 Å². The van der Waals surface area contributed by atoms with Crippen LogP contribution in [0.15, 0.2) is 12.4 Å². The van der Waals surface area contributed by atoms with E-state index in [0.717, 1.165) is 0 Å². The predicted octanol–water partition coefficient (Wildman–Crippen LogP) is 0.402. The van der Waals surface area contributed by atoms with E-state index in [1.54, 1.807) is 4.90 Å². The van der Waals surface area contributed by atoms with Crippen LogP contribution in [0.3, 0.4) is 0 Å². The van der Waals surface area contributed by atoms with Gasteiger partial charge >= 0.3 is 5.97 Å². The van der Waals surface area contributed by atoms with E-state index in [1.165, 1.54) is 12.4 Å². The molecule has 0 saturated carbocycles. The van der Waals surface area contributed by atoms with Gasteiger partial charge in [0, 0.05) is 13.1 Å². The molecule has 0 radical (unpaired) electrons. The molecule has 0 aliphatic carbocycles. The first-order chi connectivity index (χ1) is 8.08. The summed E-state index contributed by atoms with van der Waals surface area (Å²) in [7, 11) is 0. The van der Waals surface area contributed by atoms with Gasteiger partial charge in [-0.3, -0.25) is 4.79 Å². The smallest absolute Gasteiger partial charge is 0.310 e. The van der Waals surface area contributed by atoms with Gasteiger partial charge in [-0.15, -0.1) is 0 Å². The van der Waals surface area contributed by atoms with Gasteiger partial charge in [0.15, 0.2) is 0 Å². The highest BCUT2D eigenvalue weighted by atomic mass is 35.5. The number of piperidine rings is 1. The second-order valence-electron chi connectivity index (χ2n) is 3.95. The first-order valence-electron chi connectivity index (χ1n) is 5.21. The highest BCUT2D eigenvalue weighted by Gasteiger charge is 2.33. The summed E-state index contributed by atoms with van der Waals surface area (Å²) in [6, 6.07) is 0. The molecule has 1 fully saturated rings. The van der Waals surface area contributed by atoms with Crippen molar-refractivity contribution in [2.75, 3.05) is 18.0 Å². The van der Waals surface area contributed by atoms with E-state index in [1.807, 2.05) is 0 Å². The van der Waals surface area contributed by atoms with Crippen LogP contribution in [0, 0.1) is 5.92 Å². The van der Waals surface area contributed by atoms with Gasteiger partial charge in [-0.05, 0) is 6.42 Å². The lowest BCUT2D eigenvalue weighted by molar-refractivity contribution is -0.146. The van der Waals surface area contributed by atoms with Crippen molar-refractivity contribution in [1.29, 1.82) is 0 Å². The van der Waals surface area contributed by atoms with Gasteiger partial charge < -0.3 is 15.1 Å². The Kier molecular flexibility index (Phi) is 3.44. The van der Waals surface area contributed by atoms with E-state index in [4.69, 9.17) is 16.7 Å². The molecular weight excluding hydrogens is 246 g/mol. The first-order valence-corrected chi connectivity index (χ1v) is 5.59. The maximum absolute atomic E-state index is 10.9. The summed E-state index contributed by atoms with van der Waals surface area (Å²) in [5.41, 5.74) is 0. The van der Waals surface area contributed by atoms with E-state index in [9.17, 15) is 9.90 Å². The molecule has 17 heavy (non-hydrogen) atoms. The molecule has 0 amide bonds. The largest absolute Gasteiger partial charge is 0.481 e. The number of carboxylic acid groups (broad SMARTS) is 1. The minimum atomic E-state index is -1.00. The second-order valence-corrected chi connectivity index (χ2v) is 4.38. The lowest BCUT2D eigenvalue weighted by atomic mass is 9.95. The molecule has 2 N–H and O–H groups in total. The van der Waals surface area contributed by atoms with E-state index in [-0.39, 0.29) is 6.54 Å². The number of hydrogen-bond donors (Lipinski definition) is 2. The van der Waals surface area contributed by atoms with Crippen LogP contribution in [-0.4, -0.2) is 45.3 Å². The zero-order chi connectivity index (χ0) is 12.4. The van der Waals surface area contributed by atoms with Crippen LogP contribution in [0.25, 0.3) is 0 Å². The minimum absolute atomic E-state index is 0.206. The fourth-order valence-electron chi connectivity index (χ4n) is 1.83. The van der Waals surface area contributed by atoms with Gasteiger partial charge in [0.1, 0.15) is 5.92 Å². The number of aliphatic carboxylic acids is 1. The number of halogens is 1. The van der Waals surface area contributed by atoms with E-state index < -0.39 is 18.0 Å². The standard InChI is InChI=1S/C10H12ClN3O3/c11-6-3-12-10(13-4-6)14-2-1-8(15)7(5-14)9(16)17/h3-4,7-8,15H,1-2,5H2,(H,16,17)/t7-,8+/m0/s1. The Morgan fingerprint density at radius 1 is 1.47 bits per heavy atom. The van der Waals surface area contributed by atoms with Crippen LogP contribution >= 0.6 is 11.6 Å². The maximum atomic E-state index is 10.9. The molecule has 2 atom stereocenters. The van der Waals surface area contributed by atoms with E-state index in [0.29, 0.717) is 23.9 Å². The number of aromatic nitrogens is 2. The lowest BCUT2D eigenvalue weighted by Crippen LogP contribution is -2.47.